The molecule has 0 radical (unpaired) electrons. The molecule has 0 unspecified atom stereocenters. The lowest BCUT2D eigenvalue weighted by Gasteiger charge is -2.08. The first kappa shape index (κ1) is 15.6. The minimum absolute atomic E-state index is 0.220. The Kier molecular flexibility index (Phi) is 4.67. The van der Waals surface area contributed by atoms with Crippen LogP contribution in [0.15, 0.2) is 47.5 Å². The van der Waals surface area contributed by atoms with E-state index in [4.69, 9.17) is 4.74 Å². The highest BCUT2D eigenvalue weighted by Gasteiger charge is 2.16. The SMILES string of the molecule is CCOC(=O)CSc1n[nH]c(C)c1-c1cccc2ccccc12. The van der Waals surface area contributed by atoms with Gasteiger partial charge in [0.05, 0.1) is 12.4 Å². The quantitative estimate of drug-likeness (QED) is 0.564. The van der Waals surface area contributed by atoms with E-state index < -0.39 is 0 Å². The lowest BCUT2D eigenvalue weighted by molar-refractivity contribution is -0.139. The maximum Gasteiger partial charge on any atom is 0.316 e. The third-order valence-corrected chi connectivity index (χ3v) is 4.55. The Balaban J connectivity index is 1.99. The van der Waals surface area contributed by atoms with Crippen molar-refractivity contribution in [1.29, 1.82) is 0 Å². The largest absolute Gasteiger partial charge is 0.465 e. The van der Waals surface area contributed by atoms with Crippen LogP contribution >= 0.6 is 11.8 Å². The topological polar surface area (TPSA) is 55.0 Å². The first-order valence-electron chi connectivity index (χ1n) is 7.52. The average Bonchev–Trinajstić information content (AvgIpc) is 2.93. The van der Waals surface area contributed by atoms with Gasteiger partial charge in [0.2, 0.25) is 0 Å². The van der Waals surface area contributed by atoms with Crippen LogP contribution in [0.25, 0.3) is 21.9 Å². The number of benzene rings is 2. The zero-order valence-corrected chi connectivity index (χ0v) is 13.9. The molecule has 1 aromatic heterocycles. The van der Waals surface area contributed by atoms with E-state index in [9.17, 15) is 4.79 Å². The molecule has 3 rings (SSSR count). The third-order valence-electron chi connectivity index (χ3n) is 3.61. The molecule has 0 aliphatic carbocycles. The van der Waals surface area contributed by atoms with Crippen molar-refractivity contribution in [2.45, 2.75) is 18.9 Å². The molecule has 2 aromatic carbocycles. The molecular formula is C18H18N2O2S. The van der Waals surface area contributed by atoms with Crippen molar-refractivity contribution in [1.82, 2.24) is 10.2 Å². The molecule has 1 heterocycles. The van der Waals surface area contributed by atoms with Crippen molar-refractivity contribution in [2.24, 2.45) is 0 Å². The van der Waals surface area contributed by atoms with Gasteiger partial charge in [-0.05, 0) is 30.2 Å². The molecule has 4 nitrogen and oxygen atoms in total. The molecular weight excluding hydrogens is 308 g/mol. The molecule has 0 amide bonds. The zero-order chi connectivity index (χ0) is 16.2. The summed E-state index contributed by atoms with van der Waals surface area (Å²) in [6.07, 6.45) is 0. The summed E-state index contributed by atoms with van der Waals surface area (Å²) in [5, 5.41) is 10.6. The predicted molar refractivity (Wildman–Crippen MR) is 93.6 cm³/mol. The second-order valence-electron chi connectivity index (χ2n) is 5.15. The monoisotopic (exact) mass is 326 g/mol. The minimum atomic E-state index is -0.220. The van der Waals surface area contributed by atoms with Crippen LogP contribution in [0, 0.1) is 6.92 Å². The summed E-state index contributed by atoms with van der Waals surface area (Å²) in [6.45, 7) is 4.20. The summed E-state index contributed by atoms with van der Waals surface area (Å²) in [7, 11) is 0. The van der Waals surface area contributed by atoms with E-state index in [1.165, 1.54) is 22.5 Å². The summed E-state index contributed by atoms with van der Waals surface area (Å²) in [5.41, 5.74) is 3.17. The van der Waals surface area contributed by atoms with E-state index in [-0.39, 0.29) is 11.7 Å². The lowest BCUT2D eigenvalue weighted by Crippen LogP contribution is -2.06. The Labute approximate surface area is 139 Å². The number of nitrogens with one attached hydrogen (secondary N) is 1. The molecule has 3 aromatic rings. The normalized spacial score (nSPS) is 10.9. The van der Waals surface area contributed by atoms with Crippen molar-refractivity contribution in [2.75, 3.05) is 12.4 Å². The number of H-pyrrole nitrogens is 1. The Bertz CT molecular complexity index is 837. The maximum absolute atomic E-state index is 11.6. The fourth-order valence-electron chi connectivity index (χ4n) is 2.60. The van der Waals surface area contributed by atoms with Crippen LogP contribution in [0.4, 0.5) is 0 Å². The maximum atomic E-state index is 11.6. The number of aromatic amines is 1. The van der Waals surface area contributed by atoms with E-state index >= 15 is 0 Å². The number of fused-ring (bicyclic) bond motifs is 1. The van der Waals surface area contributed by atoms with Crippen LogP contribution < -0.4 is 0 Å². The fraction of sp³-hybridized carbons (Fsp3) is 0.222. The number of hydrogen-bond donors (Lipinski definition) is 1. The number of carbonyl (C=O) groups excluding carboxylic acids is 1. The molecule has 0 atom stereocenters. The molecule has 118 valence electrons. The molecule has 0 bridgehead atoms. The standard InChI is InChI=1S/C18H18N2O2S/c1-3-22-16(21)11-23-18-17(12(2)19-20-18)15-10-6-8-13-7-4-5-9-14(13)15/h4-10H,3,11H2,1-2H3,(H,19,20). The summed E-state index contributed by atoms with van der Waals surface area (Å²) in [4.78, 5) is 11.6. The van der Waals surface area contributed by atoms with Crippen LogP contribution in [0.5, 0.6) is 0 Å². The average molecular weight is 326 g/mol. The number of carbonyl (C=O) groups is 1. The predicted octanol–water partition coefficient (Wildman–Crippen LogP) is 4.19. The number of rotatable bonds is 5. The van der Waals surface area contributed by atoms with Crippen LogP contribution in [-0.2, 0) is 9.53 Å². The molecule has 0 fully saturated rings. The van der Waals surface area contributed by atoms with Gasteiger partial charge in [0.15, 0.2) is 0 Å². The first-order valence-corrected chi connectivity index (χ1v) is 8.50. The highest BCUT2D eigenvalue weighted by Crippen LogP contribution is 2.36. The number of ether oxygens (including phenoxy) is 1. The second kappa shape index (κ2) is 6.87. The van der Waals surface area contributed by atoms with Gasteiger partial charge in [-0.1, -0.05) is 54.2 Å². The van der Waals surface area contributed by atoms with Gasteiger partial charge in [-0.2, -0.15) is 5.10 Å². The zero-order valence-electron chi connectivity index (χ0n) is 13.1. The fourth-order valence-corrected chi connectivity index (χ4v) is 3.46. The van der Waals surface area contributed by atoms with Crippen molar-refractivity contribution in [3.63, 3.8) is 0 Å². The van der Waals surface area contributed by atoms with Gasteiger partial charge in [-0.15, -0.1) is 0 Å². The molecule has 23 heavy (non-hydrogen) atoms. The van der Waals surface area contributed by atoms with Crippen molar-refractivity contribution in [3.8, 4) is 11.1 Å². The Morgan fingerprint density at radius 3 is 2.83 bits per heavy atom. The molecule has 0 aliphatic rings. The Morgan fingerprint density at radius 2 is 2.00 bits per heavy atom. The van der Waals surface area contributed by atoms with E-state index in [0.717, 1.165) is 21.8 Å². The van der Waals surface area contributed by atoms with Crippen LogP contribution in [-0.4, -0.2) is 28.5 Å². The van der Waals surface area contributed by atoms with E-state index in [1.807, 2.05) is 32.0 Å². The summed E-state index contributed by atoms with van der Waals surface area (Å²) < 4.78 is 4.99. The van der Waals surface area contributed by atoms with Gasteiger partial charge in [-0.25, -0.2) is 0 Å². The summed E-state index contributed by atoms with van der Waals surface area (Å²) >= 11 is 1.40. The number of hydrogen-bond acceptors (Lipinski definition) is 4. The molecule has 1 N–H and O–H groups in total. The highest BCUT2D eigenvalue weighted by atomic mass is 32.2. The Morgan fingerprint density at radius 1 is 1.22 bits per heavy atom. The highest BCUT2D eigenvalue weighted by molar-refractivity contribution is 8.00. The van der Waals surface area contributed by atoms with Gasteiger partial charge in [0.25, 0.3) is 0 Å². The van der Waals surface area contributed by atoms with E-state index in [2.05, 4.69) is 34.5 Å². The number of aromatic nitrogens is 2. The minimum Gasteiger partial charge on any atom is -0.465 e. The van der Waals surface area contributed by atoms with Gasteiger partial charge in [-0.3, -0.25) is 9.89 Å². The van der Waals surface area contributed by atoms with Gasteiger partial charge >= 0.3 is 5.97 Å². The van der Waals surface area contributed by atoms with Crippen molar-refractivity contribution in [3.05, 3.63) is 48.2 Å². The van der Waals surface area contributed by atoms with Crippen LogP contribution in [0.1, 0.15) is 12.6 Å². The molecule has 0 saturated heterocycles. The number of nitrogens with zero attached hydrogens (tertiary/aromatic N) is 1. The van der Waals surface area contributed by atoms with E-state index in [1.54, 1.807) is 0 Å². The van der Waals surface area contributed by atoms with E-state index in [0.29, 0.717) is 6.61 Å². The number of thioether (sulfide) groups is 1. The number of aryl methyl sites for hydroxylation is 1. The smallest absolute Gasteiger partial charge is 0.316 e. The Hall–Kier alpha value is -2.27. The molecule has 0 aliphatic heterocycles. The van der Waals surface area contributed by atoms with Crippen LogP contribution in [0.2, 0.25) is 0 Å². The molecule has 5 heteroatoms. The molecule has 0 spiro atoms. The van der Waals surface area contributed by atoms with Gasteiger partial charge in [0, 0.05) is 11.3 Å². The second-order valence-corrected chi connectivity index (χ2v) is 6.11. The van der Waals surface area contributed by atoms with Crippen molar-refractivity contribution < 1.29 is 9.53 Å². The van der Waals surface area contributed by atoms with Gasteiger partial charge in [0.1, 0.15) is 5.03 Å². The lowest BCUT2D eigenvalue weighted by atomic mass is 9.99. The summed E-state index contributed by atoms with van der Waals surface area (Å²) in [6, 6.07) is 14.5. The summed E-state index contributed by atoms with van der Waals surface area (Å²) in [5.74, 6) is 0.0395. The molecule has 0 saturated carbocycles. The first-order chi connectivity index (χ1) is 11.2. The number of esters is 1. The third kappa shape index (κ3) is 3.24. The van der Waals surface area contributed by atoms with Crippen molar-refractivity contribution >= 4 is 28.5 Å². The van der Waals surface area contributed by atoms with Crippen LogP contribution in [0.3, 0.4) is 0 Å². The van der Waals surface area contributed by atoms with Gasteiger partial charge < -0.3 is 4.74 Å².